The van der Waals surface area contributed by atoms with Gasteiger partial charge in [0.2, 0.25) is 0 Å². The molecule has 2 aromatic heterocycles. The number of nitrogens with zero attached hydrogens (tertiary/aromatic N) is 2. The zero-order chi connectivity index (χ0) is 23.3. The number of carbonyl (C=O) groups is 2. The summed E-state index contributed by atoms with van der Waals surface area (Å²) < 4.78 is 31.7. The van der Waals surface area contributed by atoms with Crippen LogP contribution in [0.4, 0.5) is 19.0 Å². The lowest BCUT2D eigenvalue weighted by molar-refractivity contribution is -0.192. The Balaban J connectivity index is 0.000000360. The van der Waals surface area contributed by atoms with Crippen molar-refractivity contribution < 1.29 is 33.0 Å². The Bertz CT molecular complexity index is 1280. The van der Waals surface area contributed by atoms with Crippen LogP contribution in [0.1, 0.15) is 15.9 Å². The van der Waals surface area contributed by atoms with Crippen LogP contribution in [0.25, 0.3) is 21.7 Å². The SMILES string of the molecule is O=C(O)C(F)(F)F.O=C(O)c1ccc2c(c1)nc(NCc1ccccc1)c1ccncc12. The number of hydrogen-bond donors (Lipinski definition) is 3. The van der Waals surface area contributed by atoms with Crippen molar-refractivity contribution in [2.45, 2.75) is 12.7 Å². The Morgan fingerprint density at radius 2 is 1.62 bits per heavy atom. The molecule has 164 valence electrons. The van der Waals surface area contributed by atoms with Crippen molar-refractivity contribution in [2.75, 3.05) is 5.32 Å². The molecular weight excluding hydrogens is 427 g/mol. The summed E-state index contributed by atoms with van der Waals surface area (Å²) in [5, 5.41) is 22.5. The lowest BCUT2D eigenvalue weighted by Gasteiger charge is -2.12. The molecule has 10 heteroatoms. The number of aromatic nitrogens is 2. The molecule has 0 amide bonds. The van der Waals surface area contributed by atoms with Crippen molar-refractivity contribution in [1.29, 1.82) is 0 Å². The molecular formula is C22H16F3N3O4. The van der Waals surface area contributed by atoms with E-state index in [1.54, 1.807) is 30.6 Å². The second-order valence-corrected chi connectivity index (χ2v) is 6.56. The minimum Gasteiger partial charge on any atom is -0.478 e. The Morgan fingerprint density at radius 3 is 2.25 bits per heavy atom. The fraction of sp³-hybridized carbons (Fsp3) is 0.0909. The molecule has 0 atom stereocenters. The van der Waals surface area contributed by atoms with Gasteiger partial charge in [0.05, 0.1) is 11.1 Å². The molecule has 0 bridgehead atoms. The maximum Gasteiger partial charge on any atom is 0.490 e. The Labute approximate surface area is 179 Å². The van der Waals surface area contributed by atoms with E-state index < -0.39 is 18.1 Å². The molecule has 0 spiro atoms. The molecule has 32 heavy (non-hydrogen) atoms. The van der Waals surface area contributed by atoms with Crippen molar-refractivity contribution in [1.82, 2.24) is 9.97 Å². The number of rotatable bonds is 4. The van der Waals surface area contributed by atoms with Crippen LogP contribution in [-0.2, 0) is 11.3 Å². The average molecular weight is 443 g/mol. The molecule has 0 radical (unpaired) electrons. The van der Waals surface area contributed by atoms with Crippen molar-refractivity contribution >= 4 is 39.4 Å². The number of aliphatic carboxylic acids is 1. The molecule has 0 aliphatic rings. The predicted octanol–water partition coefficient (Wildman–Crippen LogP) is 4.73. The molecule has 0 saturated heterocycles. The maximum atomic E-state index is 11.2. The summed E-state index contributed by atoms with van der Waals surface area (Å²) in [6, 6.07) is 16.9. The van der Waals surface area contributed by atoms with Gasteiger partial charge < -0.3 is 15.5 Å². The van der Waals surface area contributed by atoms with Gasteiger partial charge in [-0.1, -0.05) is 36.4 Å². The van der Waals surface area contributed by atoms with E-state index in [9.17, 15) is 23.1 Å². The third kappa shape index (κ3) is 5.28. The zero-order valence-corrected chi connectivity index (χ0v) is 16.3. The monoisotopic (exact) mass is 443 g/mol. The van der Waals surface area contributed by atoms with Gasteiger partial charge in [-0.2, -0.15) is 13.2 Å². The summed E-state index contributed by atoms with van der Waals surface area (Å²) in [4.78, 5) is 29.0. The summed E-state index contributed by atoms with van der Waals surface area (Å²) in [7, 11) is 0. The first-order valence-electron chi connectivity index (χ1n) is 9.15. The Hall–Kier alpha value is -4.21. The van der Waals surface area contributed by atoms with Crippen LogP contribution < -0.4 is 5.32 Å². The lowest BCUT2D eigenvalue weighted by Crippen LogP contribution is -2.21. The van der Waals surface area contributed by atoms with Gasteiger partial charge in [0.1, 0.15) is 5.82 Å². The summed E-state index contributed by atoms with van der Waals surface area (Å²) >= 11 is 0. The van der Waals surface area contributed by atoms with Crippen molar-refractivity contribution in [3.05, 3.63) is 78.1 Å². The van der Waals surface area contributed by atoms with Crippen LogP contribution in [0, 0.1) is 0 Å². The summed E-state index contributed by atoms with van der Waals surface area (Å²) in [5.41, 5.74) is 2.00. The first-order valence-corrected chi connectivity index (χ1v) is 9.15. The van der Waals surface area contributed by atoms with Crippen LogP contribution in [0.2, 0.25) is 0 Å². The van der Waals surface area contributed by atoms with Crippen molar-refractivity contribution in [2.24, 2.45) is 0 Å². The van der Waals surface area contributed by atoms with Crippen LogP contribution in [-0.4, -0.2) is 38.3 Å². The van der Waals surface area contributed by atoms with Crippen LogP contribution in [0.15, 0.2) is 67.0 Å². The molecule has 7 nitrogen and oxygen atoms in total. The molecule has 0 aliphatic carbocycles. The minimum atomic E-state index is -5.08. The normalized spacial score (nSPS) is 11.0. The van der Waals surface area contributed by atoms with Gasteiger partial charge in [-0.15, -0.1) is 0 Å². The topological polar surface area (TPSA) is 112 Å². The number of aromatic carboxylic acids is 1. The summed E-state index contributed by atoms with van der Waals surface area (Å²) in [6.07, 6.45) is -1.57. The summed E-state index contributed by atoms with van der Waals surface area (Å²) in [5.74, 6) is -3.00. The van der Waals surface area contributed by atoms with E-state index >= 15 is 0 Å². The van der Waals surface area contributed by atoms with Gasteiger partial charge in [-0.05, 0) is 23.8 Å². The molecule has 0 fully saturated rings. The number of carboxylic acid groups (broad SMARTS) is 2. The smallest absolute Gasteiger partial charge is 0.478 e. The third-order valence-electron chi connectivity index (χ3n) is 4.39. The maximum absolute atomic E-state index is 11.2. The van der Waals surface area contributed by atoms with E-state index in [4.69, 9.17) is 9.90 Å². The predicted molar refractivity (Wildman–Crippen MR) is 111 cm³/mol. The average Bonchev–Trinajstić information content (AvgIpc) is 2.77. The lowest BCUT2D eigenvalue weighted by atomic mass is 10.1. The zero-order valence-electron chi connectivity index (χ0n) is 16.3. The minimum absolute atomic E-state index is 0.220. The third-order valence-corrected chi connectivity index (χ3v) is 4.39. The number of anilines is 1. The number of nitrogens with one attached hydrogen (secondary N) is 1. The number of fused-ring (bicyclic) bond motifs is 3. The van der Waals surface area contributed by atoms with Crippen LogP contribution >= 0.6 is 0 Å². The molecule has 2 aromatic carbocycles. The fourth-order valence-corrected chi connectivity index (χ4v) is 2.90. The number of alkyl halides is 3. The Morgan fingerprint density at radius 1 is 0.938 bits per heavy atom. The highest BCUT2D eigenvalue weighted by molar-refractivity contribution is 6.10. The number of pyridine rings is 2. The van der Waals surface area contributed by atoms with E-state index in [0.29, 0.717) is 12.1 Å². The van der Waals surface area contributed by atoms with Gasteiger partial charge >= 0.3 is 18.1 Å². The largest absolute Gasteiger partial charge is 0.490 e. The van der Waals surface area contributed by atoms with Crippen LogP contribution in [0.3, 0.4) is 0 Å². The van der Waals surface area contributed by atoms with Crippen LogP contribution in [0.5, 0.6) is 0 Å². The van der Waals surface area contributed by atoms with Gasteiger partial charge in [-0.3, -0.25) is 4.98 Å². The highest BCUT2D eigenvalue weighted by Crippen LogP contribution is 2.29. The molecule has 0 unspecified atom stereocenters. The second kappa shape index (κ2) is 9.29. The fourth-order valence-electron chi connectivity index (χ4n) is 2.90. The number of carboxylic acids is 2. The van der Waals surface area contributed by atoms with Gasteiger partial charge in [0, 0.05) is 35.1 Å². The molecule has 4 aromatic rings. The van der Waals surface area contributed by atoms with Gasteiger partial charge in [0.15, 0.2) is 0 Å². The molecule has 0 saturated carbocycles. The Kier molecular flexibility index (Phi) is 6.53. The molecule has 3 N–H and O–H groups in total. The highest BCUT2D eigenvalue weighted by atomic mass is 19.4. The number of benzene rings is 2. The number of hydrogen-bond acceptors (Lipinski definition) is 5. The first kappa shape index (κ1) is 22.5. The van der Waals surface area contributed by atoms with E-state index in [2.05, 4.69) is 15.3 Å². The van der Waals surface area contributed by atoms with E-state index in [-0.39, 0.29) is 5.56 Å². The molecule has 0 aliphatic heterocycles. The highest BCUT2D eigenvalue weighted by Gasteiger charge is 2.38. The second-order valence-electron chi connectivity index (χ2n) is 6.56. The van der Waals surface area contributed by atoms with E-state index in [1.807, 2.05) is 36.4 Å². The van der Waals surface area contributed by atoms with Crippen molar-refractivity contribution in [3.63, 3.8) is 0 Å². The van der Waals surface area contributed by atoms with Crippen molar-refractivity contribution in [3.8, 4) is 0 Å². The van der Waals surface area contributed by atoms with Gasteiger partial charge in [0.25, 0.3) is 0 Å². The summed E-state index contributed by atoms with van der Waals surface area (Å²) in [6.45, 7) is 0.634. The first-order chi connectivity index (χ1) is 15.2. The number of halogens is 3. The molecule has 4 rings (SSSR count). The van der Waals surface area contributed by atoms with Gasteiger partial charge in [-0.25, -0.2) is 14.6 Å². The standard InChI is InChI=1S/C20H15N3O2.C2HF3O2/c24-20(25)14-6-7-15-17-12-21-9-8-16(17)19(23-18(15)10-14)22-11-13-4-2-1-3-5-13;3-2(4,5)1(6)7/h1-10,12H,11H2,(H,22,23)(H,24,25);(H,6,7). The molecule has 2 heterocycles. The van der Waals surface area contributed by atoms with E-state index in [1.165, 1.54) is 0 Å². The van der Waals surface area contributed by atoms with E-state index in [0.717, 1.165) is 27.5 Å². The quantitative estimate of drug-likeness (QED) is 0.391.